The summed E-state index contributed by atoms with van der Waals surface area (Å²) in [6.45, 7) is 2.17. The third kappa shape index (κ3) is 6.39. The van der Waals surface area contributed by atoms with E-state index in [1.807, 2.05) is 30.5 Å². The Balaban J connectivity index is 1.46. The summed E-state index contributed by atoms with van der Waals surface area (Å²) >= 11 is 0. The number of alkyl halides is 3. The fourth-order valence-electron chi connectivity index (χ4n) is 4.20. The zero-order valence-corrected chi connectivity index (χ0v) is 19.8. The minimum atomic E-state index is -4.97. The van der Waals surface area contributed by atoms with Crippen LogP contribution in [0.5, 0.6) is 5.75 Å². The van der Waals surface area contributed by atoms with E-state index >= 15 is 4.39 Å². The normalized spacial score (nSPS) is 11.7. The number of benzene rings is 3. The van der Waals surface area contributed by atoms with E-state index in [-0.39, 0.29) is 18.7 Å². The van der Waals surface area contributed by atoms with Crippen molar-refractivity contribution in [2.45, 2.75) is 51.8 Å². The molecule has 36 heavy (non-hydrogen) atoms. The maximum absolute atomic E-state index is 15.2. The molecule has 4 rings (SSSR count). The lowest BCUT2D eigenvalue weighted by Crippen LogP contribution is -2.18. The molecule has 3 aromatic carbocycles. The lowest BCUT2D eigenvalue weighted by atomic mass is 9.98. The number of hydrogen-bond acceptors (Lipinski definition) is 2. The molecule has 0 fully saturated rings. The maximum Gasteiger partial charge on any atom is 0.573 e. The molecule has 0 atom stereocenters. The third-order valence-corrected chi connectivity index (χ3v) is 6.13. The number of unbranched alkanes of at least 4 members (excludes halogenated alkanes) is 2. The number of aryl methyl sites for hydroxylation is 3. The van der Waals surface area contributed by atoms with E-state index in [0.29, 0.717) is 16.5 Å². The summed E-state index contributed by atoms with van der Waals surface area (Å²) < 4.78 is 69.8. The van der Waals surface area contributed by atoms with Crippen molar-refractivity contribution in [3.63, 3.8) is 0 Å². The maximum atomic E-state index is 15.2. The molecule has 0 N–H and O–H groups in total. The van der Waals surface area contributed by atoms with E-state index in [4.69, 9.17) is 0 Å². The zero-order valence-electron chi connectivity index (χ0n) is 19.8. The van der Waals surface area contributed by atoms with E-state index in [9.17, 15) is 17.6 Å². The van der Waals surface area contributed by atoms with Gasteiger partial charge in [-0.3, -0.25) is 4.98 Å². The quantitative estimate of drug-likeness (QED) is 0.170. The third-order valence-electron chi connectivity index (χ3n) is 6.13. The van der Waals surface area contributed by atoms with Crippen LogP contribution in [0.4, 0.5) is 22.0 Å². The van der Waals surface area contributed by atoms with Crippen LogP contribution in [0.2, 0.25) is 0 Å². The van der Waals surface area contributed by atoms with Gasteiger partial charge in [0, 0.05) is 17.1 Å². The fraction of sp³-hybridized carbons (Fsp3) is 0.276. The summed E-state index contributed by atoms with van der Waals surface area (Å²) in [5.41, 5.74) is 3.81. The lowest BCUT2D eigenvalue weighted by molar-refractivity contribution is -0.275. The smallest absolute Gasteiger partial charge is 0.403 e. The van der Waals surface area contributed by atoms with Gasteiger partial charge in [-0.15, -0.1) is 13.2 Å². The Kier molecular flexibility index (Phi) is 7.87. The van der Waals surface area contributed by atoms with Crippen LogP contribution in [0.1, 0.15) is 42.9 Å². The Morgan fingerprint density at radius 1 is 0.806 bits per heavy atom. The molecule has 0 bridgehead atoms. The predicted octanol–water partition coefficient (Wildman–Crippen LogP) is 8.60. The number of aromatic nitrogens is 1. The fourth-order valence-corrected chi connectivity index (χ4v) is 4.20. The molecule has 4 aromatic rings. The highest BCUT2D eigenvalue weighted by Gasteiger charge is 2.32. The van der Waals surface area contributed by atoms with E-state index < -0.39 is 17.9 Å². The van der Waals surface area contributed by atoms with Gasteiger partial charge < -0.3 is 4.74 Å². The van der Waals surface area contributed by atoms with Crippen molar-refractivity contribution in [3.05, 3.63) is 95.2 Å². The summed E-state index contributed by atoms with van der Waals surface area (Å²) in [6, 6.07) is 16.3. The van der Waals surface area contributed by atoms with Gasteiger partial charge >= 0.3 is 6.36 Å². The molecule has 0 amide bonds. The Morgan fingerprint density at radius 2 is 1.61 bits per heavy atom. The first-order valence-corrected chi connectivity index (χ1v) is 11.9. The number of nitrogens with zero attached hydrogens (tertiary/aromatic N) is 1. The van der Waals surface area contributed by atoms with Crippen molar-refractivity contribution < 1.29 is 26.7 Å². The molecule has 1 aromatic heterocycles. The topological polar surface area (TPSA) is 22.1 Å². The molecule has 0 spiro atoms. The van der Waals surface area contributed by atoms with Gasteiger partial charge in [-0.2, -0.15) is 0 Å². The van der Waals surface area contributed by atoms with Crippen molar-refractivity contribution in [3.8, 4) is 17.0 Å². The van der Waals surface area contributed by atoms with Crippen LogP contribution in [0, 0.1) is 11.6 Å². The van der Waals surface area contributed by atoms with E-state index in [0.717, 1.165) is 41.6 Å². The van der Waals surface area contributed by atoms with Gasteiger partial charge in [0.25, 0.3) is 0 Å². The van der Waals surface area contributed by atoms with Crippen LogP contribution in [0.3, 0.4) is 0 Å². The Labute approximate surface area is 206 Å². The summed E-state index contributed by atoms with van der Waals surface area (Å²) in [6.07, 6.45) is 1.97. The van der Waals surface area contributed by atoms with E-state index in [1.54, 1.807) is 12.1 Å². The number of ether oxygens (including phenoxy) is 1. The van der Waals surface area contributed by atoms with Crippen molar-refractivity contribution in [1.29, 1.82) is 0 Å². The summed E-state index contributed by atoms with van der Waals surface area (Å²) in [5, 5.41) is 1.20. The van der Waals surface area contributed by atoms with Gasteiger partial charge in [-0.05, 0) is 72.0 Å². The largest absolute Gasteiger partial charge is 0.573 e. The van der Waals surface area contributed by atoms with Crippen LogP contribution >= 0.6 is 0 Å². The average molecular weight is 500 g/mol. The second-order valence-corrected chi connectivity index (χ2v) is 8.80. The number of halogens is 5. The highest BCUT2D eigenvalue weighted by Crippen LogP contribution is 2.29. The number of pyridine rings is 1. The lowest BCUT2D eigenvalue weighted by Gasteiger charge is -2.11. The van der Waals surface area contributed by atoms with E-state index in [1.165, 1.54) is 24.5 Å². The van der Waals surface area contributed by atoms with Crippen LogP contribution < -0.4 is 4.74 Å². The van der Waals surface area contributed by atoms with Gasteiger partial charge in [-0.25, -0.2) is 8.78 Å². The predicted molar refractivity (Wildman–Crippen MR) is 131 cm³/mol. The van der Waals surface area contributed by atoms with Crippen LogP contribution in [-0.2, 0) is 19.3 Å². The van der Waals surface area contributed by atoms with Crippen LogP contribution in [-0.4, -0.2) is 11.3 Å². The standard InChI is InChI=1S/C29H26F5NO/c1-2-3-4-5-20-7-14-26(35-18-20)23-12-13-24-22(17-23)11-10-21(28(24)31)9-6-19-8-15-27(25(30)16-19)36-29(32,33)34/h7-8,10-18H,2-6,9H2,1H3. The summed E-state index contributed by atoms with van der Waals surface area (Å²) in [4.78, 5) is 4.57. The highest BCUT2D eigenvalue weighted by molar-refractivity contribution is 5.88. The van der Waals surface area contributed by atoms with Gasteiger partial charge in [0.2, 0.25) is 0 Å². The molecule has 0 saturated heterocycles. The first-order valence-electron chi connectivity index (χ1n) is 11.9. The van der Waals surface area contributed by atoms with Crippen molar-refractivity contribution in [2.24, 2.45) is 0 Å². The van der Waals surface area contributed by atoms with Gasteiger partial charge in [0.15, 0.2) is 11.6 Å². The summed E-state index contributed by atoms with van der Waals surface area (Å²) in [7, 11) is 0. The number of hydrogen-bond donors (Lipinski definition) is 0. The van der Waals surface area contributed by atoms with Crippen LogP contribution in [0.15, 0.2) is 66.9 Å². The minimum absolute atomic E-state index is 0.262. The highest BCUT2D eigenvalue weighted by atomic mass is 19.4. The van der Waals surface area contributed by atoms with Gasteiger partial charge in [0.1, 0.15) is 5.82 Å². The summed E-state index contributed by atoms with van der Waals surface area (Å²) in [5.74, 6) is -2.37. The molecule has 0 unspecified atom stereocenters. The molecule has 7 heteroatoms. The average Bonchev–Trinajstić information content (AvgIpc) is 2.85. The first-order chi connectivity index (χ1) is 17.2. The molecule has 0 saturated carbocycles. The van der Waals surface area contributed by atoms with Gasteiger partial charge in [-0.1, -0.05) is 56.2 Å². The van der Waals surface area contributed by atoms with E-state index in [2.05, 4.69) is 22.7 Å². The molecule has 2 nitrogen and oxygen atoms in total. The van der Waals surface area contributed by atoms with Crippen LogP contribution in [0.25, 0.3) is 22.0 Å². The second kappa shape index (κ2) is 11.1. The number of rotatable bonds is 9. The Bertz CT molecular complexity index is 1330. The van der Waals surface area contributed by atoms with Crippen molar-refractivity contribution in [2.75, 3.05) is 0 Å². The van der Waals surface area contributed by atoms with Gasteiger partial charge in [0.05, 0.1) is 5.69 Å². The molecular weight excluding hydrogens is 473 g/mol. The Morgan fingerprint density at radius 3 is 2.31 bits per heavy atom. The second-order valence-electron chi connectivity index (χ2n) is 8.80. The first kappa shape index (κ1) is 25.6. The molecule has 0 radical (unpaired) electrons. The molecular formula is C29H26F5NO. The van der Waals surface area contributed by atoms with Crippen molar-refractivity contribution in [1.82, 2.24) is 4.98 Å². The molecule has 188 valence electrons. The minimum Gasteiger partial charge on any atom is -0.403 e. The molecule has 1 heterocycles. The van der Waals surface area contributed by atoms with Crippen molar-refractivity contribution >= 4 is 10.8 Å². The Hall–Kier alpha value is -3.48. The zero-order chi connectivity index (χ0) is 25.7. The SMILES string of the molecule is CCCCCc1ccc(-c2ccc3c(F)c(CCc4ccc(OC(F)(F)F)c(F)c4)ccc3c2)nc1. The molecule has 0 aliphatic heterocycles. The monoisotopic (exact) mass is 499 g/mol. The molecule has 0 aliphatic rings. The number of fused-ring (bicyclic) bond motifs is 1. The molecule has 0 aliphatic carbocycles.